The second-order valence-corrected chi connectivity index (χ2v) is 8.06. The summed E-state index contributed by atoms with van der Waals surface area (Å²) >= 11 is 0. The lowest BCUT2D eigenvalue weighted by atomic mass is 9.87. The van der Waals surface area contributed by atoms with Crippen LogP contribution in [0.1, 0.15) is 42.3 Å². The van der Waals surface area contributed by atoms with E-state index in [2.05, 4.69) is 16.4 Å². The second kappa shape index (κ2) is 7.81. The third-order valence-electron chi connectivity index (χ3n) is 5.83. The van der Waals surface area contributed by atoms with Gasteiger partial charge in [0.25, 0.3) is 0 Å². The number of aromatic amines is 1. The van der Waals surface area contributed by atoms with Gasteiger partial charge in [0.1, 0.15) is 11.4 Å². The van der Waals surface area contributed by atoms with Crippen molar-refractivity contribution in [2.45, 2.75) is 38.8 Å². The number of nitrogens with one attached hydrogen (secondary N) is 2. The van der Waals surface area contributed by atoms with Crippen LogP contribution in [0.25, 0.3) is 11.0 Å². The number of fused-ring (bicyclic) bond motifs is 1. The van der Waals surface area contributed by atoms with E-state index in [1.54, 1.807) is 19.1 Å². The summed E-state index contributed by atoms with van der Waals surface area (Å²) < 4.78 is 0. The summed E-state index contributed by atoms with van der Waals surface area (Å²) in [6, 6.07) is 13.3. The van der Waals surface area contributed by atoms with Gasteiger partial charge in [-0.1, -0.05) is 6.07 Å². The molecule has 154 valence electrons. The highest BCUT2D eigenvalue weighted by Gasteiger charge is 2.37. The molecule has 7 heteroatoms. The molecule has 2 heterocycles. The SMILES string of the molecule is Cc1c([C@@](C)(N)C(=O)N2CCCC2)ccc2[nH]c(CNc3ccc(C#N)cc3)nc12. The topological polar surface area (TPSA) is 111 Å². The predicted molar refractivity (Wildman–Crippen MR) is 117 cm³/mol. The molecule has 0 bridgehead atoms. The lowest BCUT2D eigenvalue weighted by Gasteiger charge is -2.30. The van der Waals surface area contributed by atoms with Gasteiger partial charge in [0.15, 0.2) is 0 Å². The Morgan fingerprint density at radius 2 is 1.97 bits per heavy atom. The normalized spacial score (nSPS) is 15.7. The molecule has 1 aromatic heterocycles. The fraction of sp³-hybridized carbons (Fsp3) is 0.348. The van der Waals surface area contributed by atoms with Gasteiger partial charge in [0.2, 0.25) is 5.91 Å². The number of imidazole rings is 1. The molecule has 1 fully saturated rings. The Balaban J connectivity index is 1.56. The highest BCUT2D eigenvalue weighted by molar-refractivity contribution is 5.90. The monoisotopic (exact) mass is 402 g/mol. The third kappa shape index (κ3) is 3.62. The molecule has 2 aromatic carbocycles. The first-order chi connectivity index (χ1) is 14.4. The Labute approximate surface area is 175 Å². The van der Waals surface area contributed by atoms with E-state index >= 15 is 0 Å². The molecule has 3 aromatic rings. The average molecular weight is 403 g/mol. The molecule has 4 rings (SSSR count). The van der Waals surface area contributed by atoms with Crippen molar-refractivity contribution < 1.29 is 4.79 Å². The minimum absolute atomic E-state index is 0.0271. The Kier molecular flexibility index (Phi) is 5.18. The van der Waals surface area contributed by atoms with E-state index in [1.165, 1.54) is 0 Å². The summed E-state index contributed by atoms with van der Waals surface area (Å²) in [7, 11) is 0. The number of aromatic nitrogens is 2. The van der Waals surface area contributed by atoms with Crippen molar-refractivity contribution in [1.82, 2.24) is 14.9 Å². The van der Waals surface area contributed by atoms with Crippen LogP contribution >= 0.6 is 0 Å². The number of hydrogen-bond donors (Lipinski definition) is 3. The Hall–Kier alpha value is -3.37. The number of H-pyrrole nitrogens is 1. The number of benzene rings is 2. The second-order valence-electron chi connectivity index (χ2n) is 8.06. The summed E-state index contributed by atoms with van der Waals surface area (Å²) in [5.74, 6) is 0.764. The van der Waals surface area contributed by atoms with Gasteiger partial charge in [-0.15, -0.1) is 0 Å². The first kappa shape index (κ1) is 19.9. The van der Waals surface area contributed by atoms with Crippen molar-refractivity contribution in [2.24, 2.45) is 5.73 Å². The van der Waals surface area contributed by atoms with Crippen LogP contribution < -0.4 is 11.1 Å². The van der Waals surface area contributed by atoms with Gasteiger partial charge in [0.05, 0.1) is 29.2 Å². The molecule has 0 unspecified atom stereocenters. The molecule has 30 heavy (non-hydrogen) atoms. The van der Waals surface area contributed by atoms with Crippen molar-refractivity contribution in [2.75, 3.05) is 18.4 Å². The van der Waals surface area contributed by atoms with Gasteiger partial charge in [0, 0.05) is 18.8 Å². The zero-order valence-electron chi connectivity index (χ0n) is 17.3. The maximum atomic E-state index is 13.0. The summed E-state index contributed by atoms with van der Waals surface area (Å²) in [6.45, 7) is 5.84. The van der Waals surface area contributed by atoms with Gasteiger partial charge in [-0.25, -0.2) is 4.98 Å². The maximum absolute atomic E-state index is 13.0. The first-order valence-corrected chi connectivity index (χ1v) is 10.2. The van der Waals surface area contributed by atoms with E-state index < -0.39 is 5.54 Å². The van der Waals surface area contributed by atoms with Crippen molar-refractivity contribution >= 4 is 22.6 Å². The van der Waals surface area contributed by atoms with Gasteiger partial charge < -0.3 is 20.9 Å². The van der Waals surface area contributed by atoms with Crippen molar-refractivity contribution in [3.05, 3.63) is 58.9 Å². The standard InChI is InChI=1S/C23H26N6O/c1-15-18(23(2,25)22(30)29-11-3-4-12-29)9-10-19-21(15)28-20(27-19)14-26-17-7-5-16(13-24)6-8-17/h5-10,26H,3-4,11-12,14,25H2,1-2H3,(H,27,28)/t23-/m1/s1. The molecule has 1 atom stereocenters. The van der Waals surface area contributed by atoms with E-state index in [0.29, 0.717) is 12.1 Å². The van der Waals surface area contributed by atoms with E-state index in [1.807, 2.05) is 36.1 Å². The molecule has 1 amide bonds. The van der Waals surface area contributed by atoms with Gasteiger partial charge in [-0.05, 0) is 68.1 Å². The number of likely N-dealkylation sites (tertiary alicyclic amines) is 1. The fourth-order valence-corrected chi connectivity index (χ4v) is 4.12. The fourth-order valence-electron chi connectivity index (χ4n) is 4.12. The van der Waals surface area contributed by atoms with Crippen molar-refractivity contribution in [1.29, 1.82) is 5.26 Å². The van der Waals surface area contributed by atoms with Crippen LogP contribution in [0.4, 0.5) is 5.69 Å². The third-order valence-corrected chi connectivity index (χ3v) is 5.83. The molecule has 1 saturated heterocycles. The zero-order valence-corrected chi connectivity index (χ0v) is 17.3. The number of rotatable bonds is 5. The molecule has 7 nitrogen and oxygen atoms in total. The Morgan fingerprint density at radius 3 is 2.63 bits per heavy atom. The number of nitrogens with zero attached hydrogens (tertiary/aromatic N) is 3. The van der Waals surface area contributed by atoms with Crippen LogP contribution in [0.5, 0.6) is 0 Å². The minimum atomic E-state index is -1.08. The molecule has 1 aliphatic rings. The molecule has 1 aliphatic heterocycles. The quantitative estimate of drug-likeness (QED) is 0.607. The molecule has 0 spiro atoms. The van der Waals surface area contributed by atoms with Crippen LogP contribution in [0, 0.1) is 18.3 Å². The number of nitrogens with two attached hydrogens (primary N) is 1. The number of nitriles is 1. The van der Waals surface area contributed by atoms with Gasteiger partial charge in [-0.3, -0.25) is 4.79 Å². The molecule has 0 aliphatic carbocycles. The van der Waals surface area contributed by atoms with Gasteiger partial charge >= 0.3 is 0 Å². The van der Waals surface area contributed by atoms with E-state index in [4.69, 9.17) is 16.0 Å². The summed E-state index contributed by atoms with van der Waals surface area (Å²) in [4.78, 5) is 22.9. The highest BCUT2D eigenvalue weighted by Crippen LogP contribution is 2.30. The highest BCUT2D eigenvalue weighted by atomic mass is 16.2. The largest absolute Gasteiger partial charge is 0.378 e. The number of anilines is 1. The molecule has 0 saturated carbocycles. The van der Waals surface area contributed by atoms with Crippen LogP contribution in [-0.4, -0.2) is 33.9 Å². The molecular weight excluding hydrogens is 376 g/mol. The van der Waals surface area contributed by atoms with Crippen molar-refractivity contribution in [3.8, 4) is 6.07 Å². The van der Waals surface area contributed by atoms with Gasteiger partial charge in [-0.2, -0.15) is 5.26 Å². The van der Waals surface area contributed by atoms with Crippen LogP contribution in [0.15, 0.2) is 36.4 Å². The number of carbonyl (C=O) groups is 1. The lowest BCUT2D eigenvalue weighted by molar-refractivity contribution is -0.135. The van der Waals surface area contributed by atoms with Crippen LogP contribution in [-0.2, 0) is 16.9 Å². The number of aryl methyl sites for hydroxylation is 1. The zero-order chi connectivity index (χ0) is 21.3. The van der Waals surface area contributed by atoms with Crippen molar-refractivity contribution in [3.63, 3.8) is 0 Å². The summed E-state index contributed by atoms with van der Waals surface area (Å²) in [5, 5.41) is 12.2. The van der Waals surface area contributed by atoms with Crippen LogP contribution in [0.2, 0.25) is 0 Å². The molecule has 0 radical (unpaired) electrons. The maximum Gasteiger partial charge on any atom is 0.246 e. The number of hydrogen-bond acceptors (Lipinski definition) is 5. The minimum Gasteiger partial charge on any atom is -0.378 e. The predicted octanol–water partition coefficient (Wildman–Crippen LogP) is 3.15. The number of carbonyl (C=O) groups excluding carboxylic acids is 1. The summed E-state index contributed by atoms with van der Waals surface area (Å²) in [6.07, 6.45) is 2.07. The molecular formula is C23H26N6O. The van der Waals surface area contributed by atoms with Crippen LogP contribution in [0.3, 0.4) is 0 Å². The average Bonchev–Trinajstić information content (AvgIpc) is 3.42. The van der Waals surface area contributed by atoms with E-state index in [-0.39, 0.29) is 5.91 Å². The Morgan fingerprint density at radius 1 is 1.27 bits per heavy atom. The number of amides is 1. The van der Waals surface area contributed by atoms with E-state index in [0.717, 1.165) is 59.6 Å². The smallest absolute Gasteiger partial charge is 0.246 e. The Bertz CT molecular complexity index is 1120. The lowest BCUT2D eigenvalue weighted by Crippen LogP contribution is -2.50. The van der Waals surface area contributed by atoms with E-state index in [9.17, 15) is 4.79 Å². The molecule has 4 N–H and O–H groups in total. The summed E-state index contributed by atoms with van der Waals surface area (Å²) in [5.41, 5.74) is 10.5. The first-order valence-electron chi connectivity index (χ1n) is 10.2.